The van der Waals surface area contributed by atoms with Gasteiger partial charge in [-0.25, -0.2) is 41.9 Å². The maximum atomic E-state index is 13.6. The van der Waals surface area contributed by atoms with Crippen molar-refractivity contribution in [1.29, 1.82) is 0 Å². The predicted molar refractivity (Wildman–Crippen MR) is 376 cm³/mol. The zero-order valence-electron chi connectivity index (χ0n) is 53.5. The molecule has 7 N–H and O–H groups in total. The molecule has 0 spiro atoms. The Labute approximate surface area is 569 Å². The number of hydrogen-bond acceptors (Lipinski definition) is 13. The van der Waals surface area contributed by atoms with Crippen molar-refractivity contribution in [1.82, 2.24) is 39.0 Å². The molecule has 3 aromatic carbocycles. The van der Waals surface area contributed by atoms with E-state index in [1.165, 1.54) is 57.7 Å². The number of ether oxygens (including phenoxy) is 2. The number of anilines is 5. The van der Waals surface area contributed by atoms with Crippen LogP contribution in [0.5, 0.6) is 0 Å². The summed E-state index contributed by atoms with van der Waals surface area (Å²) in [5.74, 6) is -1.59. The fraction of sp³-hybridized carbons (Fsp3) is 0.211. The quantitative estimate of drug-likeness (QED) is 0.0746. The molecule has 0 amide bonds. The van der Waals surface area contributed by atoms with E-state index in [4.69, 9.17) is 61.6 Å². The first-order chi connectivity index (χ1) is 45.5. The Kier molecular flexibility index (Phi) is 21.8. The standard InChI is InChI=1S/C25H24ClFN4O3.C21H17ClFN3O.C13H12ClFN2O.C12H13ClN2O2/c1-5-19-21(13-16(23(32)30-19)14-6-7-18(27)17(26)12-14)29-20-8-10-28-22-15(20)9-11-31(22)24(33)34-25(2,3)4;1-2-17-20(25-19-8-9-24-18-5-3-4-13(18)19)11-14(21(27)26-17)12-6-7-16(23)15(22)10-12;1-2-12-11(16)6-8(13(18)17-12)7-3-4-10(15)9(14)5-7;1-12(2,3)17-11(16)15-7-5-8-9(13)4-6-14-10(8)15/h6-13H,5H2,1-4H3,(H,28,29)(H,30,32);3-4,6-11H,2,5H2,1H3,(H,24,25)(H,26,27);3-6H,2,16H2,1H3,(H,17,18);4-7H,1-3H3. The highest BCUT2D eigenvalue weighted by Gasteiger charge is 2.23. The Morgan fingerprint density at radius 3 is 1.39 bits per heavy atom. The number of H-pyrrole nitrogens is 3. The number of hydrogen-bond donors (Lipinski definition) is 6. The lowest BCUT2D eigenvalue weighted by atomic mass is 10.0. The van der Waals surface area contributed by atoms with Gasteiger partial charge in [0.2, 0.25) is 0 Å². The number of aromatic amines is 3. The van der Waals surface area contributed by atoms with Gasteiger partial charge in [-0.2, -0.15) is 0 Å². The third kappa shape index (κ3) is 16.6. The monoisotopic (exact) mass is 1380 g/mol. The van der Waals surface area contributed by atoms with Gasteiger partial charge in [0.15, 0.2) is 11.3 Å². The van der Waals surface area contributed by atoms with Gasteiger partial charge in [0.05, 0.1) is 48.5 Å². The van der Waals surface area contributed by atoms with Crippen LogP contribution < -0.4 is 33.0 Å². The van der Waals surface area contributed by atoms with Crippen LogP contribution in [0.1, 0.15) is 90.7 Å². The van der Waals surface area contributed by atoms with Crippen molar-refractivity contribution >= 4 is 115 Å². The number of aryl methyl sites for hydroxylation is 3. The molecule has 0 radical (unpaired) electrons. The molecule has 0 saturated carbocycles. The van der Waals surface area contributed by atoms with Crippen molar-refractivity contribution in [2.24, 2.45) is 0 Å². The summed E-state index contributed by atoms with van der Waals surface area (Å²) in [4.78, 5) is 83.1. The summed E-state index contributed by atoms with van der Waals surface area (Å²) >= 11 is 23.5. The molecule has 11 aromatic rings. The second-order valence-electron chi connectivity index (χ2n) is 23.7. The van der Waals surface area contributed by atoms with Crippen LogP contribution >= 0.6 is 46.4 Å². The Hall–Kier alpha value is -9.93. The average Bonchev–Trinajstić information content (AvgIpc) is 1.19. The first-order valence-corrected chi connectivity index (χ1v) is 31.7. The summed E-state index contributed by atoms with van der Waals surface area (Å²) in [6.07, 6.45) is 13.9. The van der Waals surface area contributed by atoms with Crippen molar-refractivity contribution in [2.75, 3.05) is 16.4 Å². The average molecular weight is 1380 g/mol. The topological polar surface area (TPSA) is 250 Å². The maximum absolute atomic E-state index is 13.6. The van der Waals surface area contributed by atoms with Gasteiger partial charge >= 0.3 is 12.2 Å². The second-order valence-corrected chi connectivity index (χ2v) is 25.4. The summed E-state index contributed by atoms with van der Waals surface area (Å²) in [6.45, 7) is 16.6. The lowest BCUT2D eigenvalue weighted by Crippen LogP contribution is -2.26. The number of benzene rings is 3. The lowest BCUT2D eigenvalue weighted by molar-refractivity contribution is 0.0532. The Morgan fingerprint density at radius 1 is 0.521 bits per heavy atom. The highest BCUT2D eigenvalue weighted by atomic mass is 35.5. The van der Waals surface area contributed by atoms with Crippen LogP contribution in [0.2, 0.25) is 20.1 Å². The smallest absolute Gasteiger partial charge is 0.420 e. The molecule has 1 aliphatic carbocycles. The summed E-state index contributed by atoms with van der Waals surface area (Å²) in [5.41, 5.74) is 15.4. The largest absolute Gasteiger partial charge is 0.443 e. The molecule has 0 atom stereocenters. The summed E-state index contributed by atoms with van der Waals surface area (Å²) in [6, 6.07) is 26.5. The molecule has 0 aliphatic heterocycles. The molecule has 496 valence electrons. The number of rotatable bonds is 10. The van der Waals surface area contributed by atoms with Crippen LogP contribution in [-0.2, 0) is 35.2 Å². The molecule has 18 nitrogen and oxygen atoms in total. The summed E-state index contributed by atoms with van der Waals surface area (Å²) in [7, 11) is 0. The Morgan fingerprint density at radius 2 is 0.927 bits per heavy atom. The number of carbonyl (C=O) groups excluding carboxylic acids is 2. The lowest BCUT2D eigenvalue weighted by Gasteiger charge is -2.19. The third-order valence-corrected chi connectivity index (χ3v) is 15.9. The van der Waals surface area contributed by atoms with Crippen LogP contribution in [0, 0.1) is 17.5 Å². The van der Waals surface area contributed by atoms with Crippen LogP contribution in [0.15, 0.2) is 155 Å². The van der Waals surface area contributed by atoms with Gasteiger partial charge in [-0.1, -0.05) is 97.5 Å². The number of allylic oxidation sites excluding steroid dienone is 1. The van der Waals surface area contributed by atoms with Crippen molar-refractivity contribution in [3.63, 3.8) is 0 Å². The SMILES string of the molecule is CC(C)(C)OC(=O)n1ccc2c(Cl)ccnc21.CCc1[nH]c(=O)c(-c2ccc(F)c(Cl)c2)cc1N.CCc1[nH]c(=O)c(-c2ccc(F)c(Cl)c2)cc1Nc1ccnc2c1C=CC2.CCc1[nH]c(=O)c(-c2ccc(F)c(Cl)c2)cc1Nc1ccnc2c1ccn2C(=O)OC(C)(C)C. The third-order valence-electron chi connectivity index (χ3n) is 14.7. The molecule has 8 heterocycles. The van der Waals surface area contributed by atoms with E-state index in [-0.39, 0.29) is 31.7 Å². The molecule has 25 heteroatoms. The van der Waals surface area contributed by atoms with Gasteiger partial charge in [0.1, 0.15) is 28.7 Å². The van der Waals surface area contributed by atoms with Crippen LogP contribution in [-0.4, -0.2) is 62.4 Å². The van der Waals surface area contributed by atoms with Gasteiger partial charge in [-0.05, 0) is 162 Å². The number of aromatic nitrogens is 8. The van der Waals surface area contributed by atoms with E-state index in [0.717, 1.165) is 40.1 Å². The molecule has 0 bridgehead atoms. The predicted octanol–water partition coefficient (Wildman–Crippen LogP) is 17.8. The van der Waals surface area contributed by atoms with Gasteiger partial charge in [0.25, 0.3) is 16.7 Å². The van der Waals surface area contributed by atoms with Crippen LogP contribution in [0.4, 0.5) is 51.2 Å². The van der Waals surface area contributed by atoms with Crippen LogP contribution in [0.3, 0.4) is 0 Å². The number of halogens is 7. The molecule has 8 aromatic heterocycles. The number of nitrogens with one attached hydrogen (secondary N) is 5. The number of nitrogens with two attached hydrogens (primary N) is 1. The van der Waals surface area contributed by atoms with E-state index in [1.807, 2.05) is 53.7 Å². The molecule has 0 unspecified atom stereocenters. The minimum absolute atomic E-state index is 0.0157. The molecule has 1 aliphatic rings. The van der Waals surface area contributed by atoms with Crippen molar-refractivity contribution < 1.29 is 32.2 Å². The van der Waals surface area contributed by atoms with Gasteiger partial charge < -0.3 is 40.8 Å². The van der Waals surface area contributed by atoms with E-state index >= 15 is 0 Å². The zero-order valence-corrected chi connectivity index (χ0v) is 56.5. The number of fused-ring (bicyclic) bond motifs is 3. The van der Waals surface area contributed by atoms with E-state index < -0.39 is 40.8 Å². The van der Waals surface area contributed by atoms with Crippen molar-refractivity contribution in [3.05, 3.63) is 237 Å². The van der Waals surface area contributed by atoms with E-state index in [0.29, 0.717) is 103 Å². The molecular formula is C71H66Cl4F3N11O7. The zero-order chi connectivity index (χ0) is 69.5. The van der Waals surface area contributed by atoms with E-state index in [2.05, 4.69) is 46.6 Å². The first-order valence-electron chi connectivity index (χ1n) is 30.2. The normalized spacial score (nSPS) is 11.6. The first kappa shape index (κ1) is 70.4. The number of nitrogens with zero attached hydrogens (tertiary/aromatic N) is 5. The highest BCUT2D eigenvalue weighted by molar-refractivity contribution is 6.35. The number of pyridine rings is 6. The van der Waals surface area contributed by atoms with E-state index in [9.17, 15) is 37.1 Å². The van der Waals surface area contributed by atoms with Crippen molar-refractivity contribution in [3.8, 4) is 33.4 Å². The van der Waals surface area contributed by atoms with Gasteiger partial charge in [0, 0.05) is 93.2 Å². The second kappa shape index (κ2) is 29.8. The maximum Gasteiger partial charge on any atom is 0.420 e. The van der Waals surface area contributed by atoms with E-state index in [1.54, 1.807) is 100 Å². The number of carbonyl (C=O) groups is 2. The summed E-state index contributed by atoms with van der Waals surface area (Å²) in [5, 5.41) is 8.67. The fourth-order valence-electron chi connectivity index (χ4n) is 10.1. The van der Waals surface area contributed by atoms with Crippen LogP contribution in [0.25, 0.3) is 61.5 Å². The summed E-state index contributed by atoms with van der Waals surface area (Å²) < 4.78 is 53.6. The number of nitrogen functional groups attached to an aromatic ring is 1. The molecule has 0 saturated heterocycles. The fourth-order valence-corrected chi connectivity index (χ4v) is 10.8. The minimum atomic E-state index is -0.644. The molecule has 0 fully saturated rings. The van der Waals surface area contributed by atoms with Crippen molar-refractivity contribution in [2.45, 2.75) is 99.2 Å². The minimum Gasteiger partial charge on any atom is -0.443 e. The molecule has 96 heavy (non-hydrogen) atoms. The Bertz CT molecular complexity index is 4990. The highest BCUT2D eigenvalue weighted by Crippen LogP contribution is 2.34. The Balaban J connectivity index is 0.000000156. The molecule has 12 rings (SSSR count). The van der Waals surface area contributed by atoms with Gasteiger partial charge in [-0.15, -0.1) is 0 Å². The van der Waals surface area contributed by atoms with Gasteiger partial charge in [-0.3, -0.25) is 19.4 Å². The molecular weight excluding hydrogens is 1320 g/mol.